The Balaban J connectivity index is 1.77. The summed E-state index contributed by atoms with van der Waals surface area (Å²) in [6, 6.07) is 0.896. The minimum Gasteiger partial charge on any atom is -0.317 e. The Morgan fingerprint density at radius 2 is 2.27 bits per heavy atom. The van der Waals surface area contributed by atoms with Crippen LogP contribution in [0.3, 0.4) is 0 Å². The van der Waals surface area contributed by atoms with Crippen molar-refractivity contribution < 1.29 is 0 Å². The first-order valence-corrected chi connectivity index (χ1v) is 7.42. The molecular weight excluding hydrogens is 204 g/mol. The molecule has 0 aromatic carbocycles. The van der Waals surface area contributed by atoms with Crippen molar-refractivity contribution in [1.82, 2.24) is 10.2 Å². The molecule has 0 bridgehead atoms. The third-order valence-electron chi connectivity index (χ3n) is 3.78. The molecule has 1 aliphatic carbocycles. The lowest BCUT2D eigenvalue weighted by Crippen LogP contribution is -2.54. The zero-order chi connectivity index (χ0) is 10.7. The minimum absolute atomic E-state index is 0.846. The molecule has 0 amide bonds. The second kappa shape index (κ2) is 5.55. The molecule has 2 nitrogen and oxygen atoms in total. The standard InChI is InChI=1S/C12H24N2S/c1-3-13-8-11-4-5-12(11)14-6-7-15-10(2)9-14/h10-13H,3-9H2,1-2H3. The lowest BCUT2D eigenvalue weighted by atomic mass is 9.78. The van der Waals surface area contributed by atoms with E-state index in [1.54, 1.807) is 0 Å². The van der Waals surface area contributed by atoms with Gasteiger partial charge in [0.1, 0.15) is 0 Å². The maximum absolute atomic E-state index is 3.50. The molecule has 2 fully saturated rings. The van der Waals surface area contributed by atoms with Gasteiger partial charge >= 0.3 is 0 Å². The minimum atomic E-state index is 0.846. The van der Waals surface area contributed by atoms with Crippen LogP contribution in [0.25, 0.3) is 0 Å². The SMILES string of the molecule is CCNCC1CCC1N1CCSC(C)C1. The lowest BCUT2D eigenvalue weighted by molar-refractivity contribution is 0.0658. The van der Waals surface area contributed by atoms with Crippen LogP contribution >= 0.6 is 11.8 Å². The van der Waals surface area contributed by atoms with Gasteiger partial charge < -0.3 is 5.32 Å². The predicted octanol–water partition coefficient (Wildman–Crippen LogP) is 1.81. The topological polar surface area (TPSA) is 15.3 Å². The summed E-state index contributed by atoms with van der Waals surface area (Å²) < 4.78 is 0. The van der Waals surface area contributed by atoms with Crippen molar-refractivity contribution in [3.05, 3.63) is 0 Å². The number of rotatable bonds is 4. The Hall–Kier alpha value is 0.270. The Kier molecular flexibility index (Phi) is 4.35. The molecule has 0 aromatic rings. The van der Waals surface area contributed by atoms with Gasteiger partial charge in [0.25, 0.3) is 0 Å². The first kappa shape index (κ1) is 11.7. The van der Waals surface area contributed by atoms with Crippen molar-refractivity contribution in [2.45, 2.75) is 38.0 Å². The van der Waals surface area contributed by atoms with E-state index >= 15 is 0 Å². The van der Waals surface area contributed by atoms with Gasteiger partial charge in [-0.25, -0.2) is 0 Å². The lowest BCUT2D eigenvalue weighted by Gasteiger charge is -2.47. The largest absolute Gasteiger partial charge is 0.317 e. The van der Waals surface area contributed by atoms with Gasteiger partial charge in [-0.15, -0.1) is 0 Å². The van der Waals surface area contributed by atoms with Crippen LogP contribution in [0.15, 0.2) is 0 Å². The number of nitrogens with one attached hydrogen (secondary N) is 1. The fourth-order valence-electron chi connectivity index (χ4n) is 2.75. The van der Waals surface area contributed by atoms with E-state index in [0.717, 1.165) is 23.8 Å². The van der Waals surface area contributed by atoms with Crippen molar-refractivity contribution in [3.8, 4) is 0 Å². The number of hydrogen-bond acceptors (Lipinski definition) is 3. The van der Waals surface area contributed by atoms with E-state index < -0.39 is 0 Å². The maximum Gasteiger partial charge on any atom is 0.0147 e. The average molecular weight is 228 g/mol. The van der Waals surface area contributed by atoms with E-state index in [-0.39, 0.29) is 0 Å². The summed E-state index contributed by atoms with van der Waals surface area (Å²) in [5.41, 5.74) is 0. The Morgan fingerprint density at radius 1 is 1.40 bits per heavy atom. The van der Waals surface area contributed by atoms with Crippen LogP contribution in [0.4, 0.5) is 0 Å². The Bertz CT molecular complexity index is 198. The van der Waals surface area contributed by atoms with Crippen molar-refractivity contribution in [1.29, 1.82) is 0 Å². The number of nitrogens with zero attached hydrogens (tertiary/aromatic N) is 1. The Morgan fingerprint density at radius 3 is 2.87 bits per heavy atom. The molecule has 0 spiro atoms. The van der Waals surface area contributed by atoms with Gasteiger partial charge in [0, 0.05) is 30.1 Å². The van der Waals surface area contributed by atoms with Crippen molar-refractivity contribution in [3.63, 3.8) is 0 Å². The summed E-state index contributed by atoms with van der Waals surface area (Å²) in [7, 11) is 0. The van der Waals surface area contributed by atoms with Gasteiger partial charge in [0.05, 0.1) is 0 Å². The third-order valence-corrected chi connectivity index (χ3v) is 4.91. The highest BCUT2D eigenvalue weighted by Gasteiger charge is 2.36. The molecule has 1 saturated heterocycles. The first-order chi connectivity index (χ1) is 7.31. The summed E-state index contributed by atoms with van der Waals surface area (Å²) >= 11 is 2.14. The van der Waals surface area contributed by atoms with Crippen LogP contribution < -0.4 is 5.32 Å². The summed E-state index contributed by atoms with van der Waals surface area (Å²) in [4.78, 5) is 2.74. The van der Waals surface area contributed by atoms with Crippen LogP contribution in [0.5, 0.6) is 0 Å². The van der Waals surface area contributed by atoms with Gasteiger partial charge in [-0.2, -0.15) is 11.8 Å². The molecule has 1 aliphatic heterocycles. The molecule has 2 rings (SSSR count). The van der Waals surface area contributed by atoms with Crippen molar-refractivity contribution in [2.24, 2.45) is 5.92 Å². The van der Waals surface area contributed by atoms with Crippen molar-refractivity contribution >= 4 is 11.8 Å². The quantitative estimate of drug-likeness (QED) is 0.790. The second-order valence-electron chi connectivity index (χ2n) is 4.89. The number of hydrogen-bond donors (Lipinski definition) is 1. The molecule has 1 saturated carbocycles. The van der Waals surface area contributed by atoms with Gasteiger partial charge in [0.15, 0.2) is 0 Å². The van der Waals surface area contributed by atoms with E-state index in [9.17, 15) is 0 Å². The predicted molar refractivity (Wildman–Crippen MR) is 68.5 cm³/mol. The van der Waals surface area contributed by atoms with Crippen LogP contribution in [-0.4, -0.2) is 48.1 Å². The normalized spacial score (nSPS) is 37.6. The van der Waals surface area contributed by atoms with Gasteiger partial charge in [0.2, 0.25) is 0 Å². The van der Waals surface area contributed by atoms with E-state index in [0.29, 0.717) is 0 Å². The molecule has 2 aliphatic rings. The molecule has 3 unspecified atom stereocenters. The van der Waals surface area contributed by atoms with E-state index in [4.69, 9.17) is 0 Å². The second-order valence-corrected chi connectivity index (χ2v) is 6.44. The molecular formula is C12H24N2S. The first-order valence-electron chi connectivity index (χ1n) is 6.37. The molecule has 3 heteroatoms. The fourth-order valence-corrected chi connectivity index (χ4v) is 3.79. The fraction of sp³-hybridized carbons (Fsp3) is 1.00. The monoisotopic (exact) mass is 228 g/mol. The highest BCUT2D eigenvalue weighted by atomic mass is 32.2. The molecule has 1 heterocycles. The third kappa shape index (κ3) is 2.89. The highest BCUT2D eigenvalue weighted by Crippen LogP contribution is 2.34. The summed E-state index contributed by atoms with van der Waals surface area (Å²) in [5, 5.41) is 4.35. The van der Waals surface area contributed by atoms with E-state index in [1.807, 2.05) is 0 Å². The summed E-state index contributed by atoms with van der Waals surface area (Å²) in [6.45, 7) is 9.57. The average Bonchev–Trinajstić information content (AvgIpc) is 2.17. The van der Waals surface area contributed by atoms with Crippen LogP contribution in [0, 0.1) is 5.92 Å². The zero-order valence-electron chi connectivity index (χ0n) is 10.0. The Labute approximate surface area is 98.2 Å². The van der Waals surface area contributed by atoms with Gasteiger partial charge in [-0.05, 0) is 31.8 Å². The molecule has 1 N–H and O–H groups in total. The molecule has 0 radical (unpaired) electrons. The molecule has 3 atom stereocenters. The van der Waals surface area contributed by atoms with Crippen LogP contribution in [0.1, 0.15) is 26.7 Å². The summed E-state index contributed by atoms with van der Waals surface area (Å²) in [6.07, 6.45) is 2.88. The zero-order valence-corrected chi connectivity index (χ0v) is 10.9. The van der Waals surface area contributed by atoms with E-state index in [1.165, 1.54) is 38.2 Å². The smallest absolute Gasteiger partial charge is 0.0147 e. The van der Waals surface area contributed by atoms with Crippen molar-refractivity contribution in [2.75, 3.05) is 31.9 Å². The molecule has 0 aromatic heterocycles. The molecule has 88 valence electrons. The van der Waals surface area contributed by atoms with Gasteiger partial charge in [-0.1, -0.05) is 13.8 Å². The van der Waals surface area contributed by atoms with Gasteiger partial charge in [-0.3, -0.25) is 4.90 Å². The molecule has 15 heavy (non-hydrogen) atoms. The van der Waals surface area contributed by atoms with Crippen LogP contribution in [0.2, 0.25) is 0 Å². The number of thioether (sulfide) groups is 1. The van der Waals surface area contributed by atoms with E-state index in [2.05, 4.69) is 35.8 Å². The van der Waals surface area contributed by atoms with Crippen LogP contribution in [-0.2, 0) is 0 Å². The highest BCUT2D eigenvalue weighted by molar-refractivity contribution is 7.99. The summed E-state index contributed by atoms with van der Waals surface area (Å²) in [5.74, 6) is 2.27. The maximum atomic E-state index is 3.50.